The molecular formula is C9H14O4. The second-order valence-corrected chi connectivity index (χ2v) is 4.29. The minimum atomic E-state index is -0.785. The number of carbonyl (C=O) groups is 1. The van der Waals surface area contributed by atoms with Gasteiger partial charge in [-0.25, -0.2) is 0 Å². The highest BCUT2D eigenvalue weighted by Gasteiger charge is 2.53. The maximum atomic E-state index is 11.4. The van der Waals surface area contributed by atoms with Crippen molar-refractivity contribution in [3.63, 3.8) is 0 Å². The fourth-order valence-electron chi connectivity index (χ4n) is 2.29. The lowest BCUT2D eigenvalue weighted by molar-refractivity contribution is -0.150. The predicted molar refractivity (Wildman–Crippen MR) is 43.8 cm³/mol. The van der Waals surface area contributed by atoms with Crippen molar-refractivity contribution in [1.82, 2.24) is 0 Å². The Morgan fingerprint density at radius 1 is 1.46 bits per heavy atom. The van der Waals surface area contributed by atoms with Gasteiger partial charge in [-0.2, -0.15) is 0 Å². The minimum Gasteiger partial charge on any atom is -0.465 e. The van der Waals surface area contributed by atoms with Gasteiger partial charge in [0.25, 0.3) is 0 Å². The first-order valence-corrected chi connectivity index (χ1v) is 4.57. The average Bonchev–Trinajstić information content (AvgIpc) is 2.32. The third-order valence-corrected chi connectivity index (χ3v) is 3.39. The number of aliphatic hydroxyl groups is 2. The van der Waals surface area contributed by atoms with Crippen LogP contribution in [0.25, 0.3) is 0 Å². The second kappa shape index (κ2) is 2.69. The normalized spacial score (nSPS) is 50.1. The lowest BCUT2D eigenvalue weighted by Gasteiger charge is -2.37. The average molecular weight is 186 g/mol. The van der Waals surface area contributed by atoms with Crippen molar-refractivity contribution >= 4 is 5.97 Å². The molecule has 2 N–H and O–H groups in total. The highest BCUT2D eigenvalue weighted by atomic mass is 16.5. The van der Waals surface area contributed by atoms with Crippen LogP contribution in [0.15, 0.2) is 0 Å². The Morgan fingerprint density at radius 3 is 2.85 bits per heavy atom. The summed E-state index contributed by atoms with van der Waals surface area (Å²) in [7, 11) is 0. The van der Waals surface area contributed by atoms with Gasteiger partial charge in [0.1, 0.15) is 0 Å². The van der Waals surface area contributed by atoms with Crippen LogP contribution in [0.4, 0.5) is 0 Å². The summed E-state index contributed by atoms with van der Waals surface area (Å²) < 4.78 is 4.94. The van der Waals surface area contributed by atoms with Gasteiger partial charge in [-0.1, -0.05) is 0 Å². The predicted octanol–water partition coefficient (Wildman–Crippen LogP) is -0.319. The molecule has 4 heteroatoms. The van der Waals surface area contributed by atoms with Crippen molar-refractivity contribution in [3.05, 3.63) is 0 Å². The molecule has 1 saturated carbocycles. The van der Waals surface area contributed by atoms with Crippen molar-refractivity contribution in [1.29, 1.82) is 0 Å². The maximum Gasteiger partial charge on any atom is 0.312 e. The molecule has 0 bridgehead atoms. The van der Waals surface area contributed by atoms with Gasteiger partial charge in [-0.3, -0.25) is 4.79 Å². The lowest BCUT2D eigenvalue weighted by Crippen LogP contribution is -2.45. The zero-order chi connectivity index (χ0) is 9.64. The molecule has 1 saturated heterocycles. The van der Waals surface area contributed by atoms with Crippen molar-refractivity contribution in [2.45, 2.75) is 32.0 Å². The SMILES string of the molecule is C[C@]12C[C@H](O)[C@H](O)C[C@H]1COC2=O. The van der Waals surface area contributed by atoms with Crippen LogP contribution in [0.5, 0.6) is 0 Å². The fourth-order valence-corrected chi connectivity index (χ4v) is 2.29. The van der Waals surface area contributed by atoms with Gasteiger partial charge in [-0.15, -0.1) is 0 Å². The van der Waals surface area contributed by atoms with E-state index in [1.165, 1.54) is 0 Å². The van der Waals surface area contributed by atoms with E-state index in [1.54, 1.807) is 0 Å². The molecule has 4 atom stereocenters. The Kier molecular flexibility index (Phi) is 1.85. The molecule has 74 valence electrons. The molecule has 13 heavy (non-hydrogen) atoms. The zero-order valence-corrected chi connectivity index (χ0v) is 7.56. The molecule has 0 radical (unpaired) electrons. The molecule has 0 aromatic heterocycles. The number of hydrogen-bond acceptors (Lipinski definition) is 4. The minimum absolute atomic E-state index is 0.0680. The van der Waals surface area contributed by atoms with Crippen LogP contribution in [0.3, 0.4) is 0 Å². The number of aliphatic hydroxyl groups excluding tert-OH is 2. The third kappa shape index (κ3) is 1.16. The monoisotopic (exact) mass is 186 g/mol. The Labute approximate surface area is 76.5 Å². The molecule has 4 nitrogen and oxygen atoms in total. The van der Waals surface area contributed by atoms with Crippen molar-refractivity contribution in [2.24, 2.45) is 11.3 Å². The van der Waals surface area contributed by atoms with E-state index in [0.29, 0.717) is 19.4 Å². The van der Waals surface area contributed by atoms with Crippen molar-refractivity contribution in [3.8, 4) is 0 Å². The molecule has 1 heterocycles. The first-order valence-electron chi connectivity index (χ1n) is 4.57. The topological polar surface area (TPSA) is 66.8 Å². The van der Waals surface area contributed by atoms with Crippen LogP contribution < -0.4 is 0 Å². The highest BCUT2D eigenvalue weighted by molar-refractivity contribution is 5.79. The van der Waals surface area contributed by atoms with E-state index in [2.05, 4.69) is 0 Å². The van der Waals surface area contributed by atoms with Gasteiger partial charge in [0.2, 0.25) is 0 Å². The number of hydrogen-bond donors (Lipinski definition) is 2. The van der Waals surface area contributed by atoms with Crippen LogP contribution >= 0.6 is 0 Å². The van der Waals surface area contributed by atoms with E-state index in [0.717, 1.165) is 0 Å². The number of rotatable bonds is 0. The molecule has 2 rings (SSSR count). The summed E-state index contributed by atoms with van der Waals surface area (Å²) >= 11 is 0. The standard InChI is InChI=1S/C9H14O4/c1-9-3-7(11)6(10)2-5(9)4-13-8(9)12/h5-7,10-11H,2-4H2,1H3/t5-,6+,7-,9-/m0/s1. The maximum absolute atomic E-state index is 11.4. The van der Waals surface area contributed by atoms with Crippen LogP contribution in [-0.4, -0.2) is 35.0 Å². The number of fused-ring (bicyclic) bond motifs is 1. The molecule has 0 spiro atoms. The van der Waals surface area contributed by atoms with Gasteiger partial charge in [0.05, 0.1) is 24.2 Å². The summed E-state index contributed by atoms with van der Waals surface area (Å²) in [6.07, 6.45) is -0.708. The second-order valence-electron chi connectivity index (χ2n) is 4.29. The molecule has 2 fully saturated rings. The van der Waals surface area contributed by atoms with Crippen molar-refractivity contribution in [2.75, 3.05) is 6.61 Å². The quantitative estimate of drug-likeness (QED) is 0.509. The number of cyclic esters (lactones) is 1. The van der Waals surface area contributed by atoms with Gasteiger partial charge < -0.3 is 14.9 Å². The molecule has 0 aromatic rings. The van der Waals surface area contributed by atoms with Crippen LogP contribution in [0, 0.1) is 11.3 Å². The van der Waals surface area contributed by atoms with Gasteiger partial charge in [0, 0.05) is 5.92 Å². The Morgan fingerprint density at radius 2 is 2.15 bits per heavy atom. The molecular weight excluding hydrogens is 172 g/mol. The summed E-state index contributed by atoms with van der Waals surface area (Å²) in [6, 6.07) is 0. The van der Waals surface area contributed by atoms with Gasteiger partial charge in [0.15, 0.2) is 0 Å². The molecule has 0 aromatic carbocycles. The fraction of sp³-hybridized carbons (Fsp3) is 0.889. The highest BCUT2D eigenvalue weighted by Crippen LogP contribution is 2.46. The van der Waals surface area contributed by atoms with Gasteiger partial charge in [-0.05, 0) is 19.8 Å². The van der Waals surface area contributed by atoms with Crippen LogP contribution in [-0.2, 0) is 9.53 Å². The van der Waals surface area contributed by atoms with E-state index in [9.17, 15) is 15.0 Å². The first kappa shape index (κ1) is 8.97. The molecule has 1 aliphatic heterocycles. The molecule has 2 aliphatic rings. The Balaban J connectivity index is 2.22. The molecule has 1 aliphatic carbocycles. The molecule has 0 amide bonds. The van der Waals surface area contributed by atoms with Crippen LogP contribution in [0.1, 0.15) is 19.8 Å². The number of carbonyl (C=O) groups excluding carboxylic acids is 1. The zero-order valence-electron chi connectivity index (χ0n) is 7.56. The largest absolute Gasteiger partial charge is 0.465 e. The summed E-state index contributed by atoms with van der Waals surface area (Å²) in [5.74, 6) is -0.165. The summed E-state index contributed by atoms with van der Waals surface area (Å²) in [6.45, 7) is 2.20. The Bertz CT molecular complexity index is 240. The van der Waals surface area contributed by atoms with E-state index in [-0.39, 0.29) is 11.9 Å². The summed E-state index contributed by atoms with van der Waals surface area (Å²) in [5, 5.41) is 18.9. The smallest absolute Gasteiger partial charge is 0.312 e. The molecule has 0 unspecified atom stereocenters. The van der Waals surface area contributed by atoms with E-state index in [4.69, 9.17) is 4.74 Å². The first-order chi connectivity index (χ1) is 6.04. The van der Waals surface area contributed by atoms with E-state index < -0.39 is 17.6 Å². The summed E-state index contributed by atoms with van der Waals surface area (Å²) in [4.78, 5) is 11.4. The lowest BCUT2D eigenvalue weighted by atomic mass is 9.67. The third-order valence-electron chi connectivity index (χ3n) is 3.39. The van der Waals surface area contributed by atoms with Crippen molar-refractivity contribution < 1.29 is 19.7 Å². The number of esters is 1. The van der Waals surface area contributed by atoms with Gasteiger partial charge >= 0.3 is 5.97 Å². The Hall–Kier alpha value is -0.610. The van der Waals surface area contributed by atoms with Crippen LogP contribution in [0.2, 0.25) is 0 Å². The number of ether oxygens (including phenoxy) is 1. The van der Waals surface area contributed by atoms with E-state index >= 15 is 0 Å². The van der Waals surface area contributed by atoms with E-state index in [1.807, 2.05) is 6.92 Å². The summed E-state index contributed by atoms with van der Waals surface area (Å²) in [5.41, 5.74) is -0.571.